The van der Waals surface area contributed by atoms with Gasteiger partial charge in [0.1, 0.15) is 5.75 Å². The predicted octanol–water partition coefficient (Wildman–Crippen LogP) is 2.23. The topological polar surface area (TPSA) is 50.8 Å². The number of hydrogen-bond donors (Lipinski definition) is 1. The summed E-state index contributed by atoms with van der Waals surface area (Å²) in [6.45, 7) is 2.27. The minimum atomic E-state index is 0.0635. The molecule has 1 aromatic carbocycles. The molecule has 0 saturated carbocycles. The number of ether oxygens (including phenoxy) is 2. The van der Waals surface area contributed by atoms with E-state index in [1.807, 2.05) is 12.1 Å². The number of nitrogens with one attached hydrogen (secondary N) is 1. The number of amides is 1. The first kappa shape index (κ1) is 17.8. The van der Waals surface area contributed by atoms with Crippen LogP contribution in [0, 0.1) is 5.92 Å². The van der Waals surface area contributed by atoms with Crippen LogP contribution in [0.4, 0.5) is 0 Å². The van der Waals surface area contributed by atoms with Gasteiger partial charge in [-0.2, -0.15) is 0 Å². The summed E-state index contributed by atoms with van der Waals surface area (Å²) < 4.78 is 10.2. The van der Waals surface area contributed by atoms with Crippen LogP contribution >= 0.6 is 0 Å². The Labute approximate surface area is 139 Å². The fourth-order valence-electron chi connectivity index (χ4n) is 3.33. The summed E-state index contributed by atoms with van der Waals surface area (Å²) in [4.78, 5) is 14.2. The van der Waals surface area contributed by atoms with Crippen molar-refractivity contribution in [2.45, 2.75) is 25.3 Å². The molecule has 128 valence electrons. The van der Waals surface area contributed by atoms with Gasteiger partial charge in [0.25, 0.3) is 0 Å². The van der Waals surface area contributed by atoms with Crippen molar-refractivity contribution in [3.8, 4) is 5.75 Å². The summed E-state index contributed by atoms with van der Waals surface area (Å²) in [6.07, 6.45) is 2.72. The zero-order valence-corrected chi connectivity index (χ0v) is 14.4. The normalized spacial score (nSPS) is 21.9. The highest BCUT2D eigenvalue weighted by Gasteiger charge is 2.30. The Hall–Kier alpha value is -1.59. The molecule has 1 amide bonds. The van der Waals surface area contributed by atoms with Crippen LogP contribution < -0.4 is 10.1 Å². The largest absolute Gasteiger partial charge is 0.497 e. The van der Waals surface area contributed by atoms with E-state index in [4.69, 9.17) is 9.47 Å². The van der Waals surface area contributed by atoms with Crippen molar-refractivity contribution in [3.63, 3.8) is 0 Å². The first-order valence-corrected chi connectivity index (χ1v) is 8.25. The van der Waals surface area contributed by atoms with Crippen molar-refractivity contribution in [2.24, 2.45) is 5.92 Å². The van der Waals surface area contributed by atoms with Gasteiger partial charge in [0.2, 0.25) is 5.91 Å². The standard InChI is InChI=1S/C18H28N2O3/c1-20-11-4-5-15(13-19-17(21)10-12-22-2)18(20)14-6-8-16(23-3)9-7-14/h6-9,15,18H,4-5,10-13H2,1-3H3,(H,19,21)/t15-,18+/m0/s1. The average molecular weight is 320 g/mol. The molecule has 1 N–H and O–H groups in total. The van der Waals surface area contributed by atoms with E-state index in [1.165, 1.54) is 12.0 Å². The first-order chi connectivity index (χ1) is 11.2. The van der Waals surface area contributed by atoms with Crippen LogP contribution in [0.3, 0.4) is 0 Å². The number of methoxy groups -OCH3 is 2. The van der Waals surface area contributed by atoms with Crippen LogP contribution in [0.5, 0.6) is 5.75 Å². The lowest BCUT2D eigenvalue weighted by Gasteiger charge is -2.39. The van der Waals surface area contributed by atoms with E-state index in [2.05, 4.69) is 29.4 Å². The molecule has 5 nitrogen and oxygen atoms in total. The molecule has 1 saturated heterocycles. The molecule has 1 aromatic rings. The second-order valence-corrected chi connectivity index (χ2v) is 6.15. The Morgan fingerprint density at radius 2 is 2.04 bits per heavy atom. The summed E-state index contributed by atoms with van der Waals surface area (Å²) in [5, 5.41) is 3.06. The van der Waals surface area contributed by atoms with Gasteiger partial charge in [-0.3, -0.25) is 9.69 Å². The molecule has 0 aromatic heterocycles. The van der Waals surface area contributed by atoms with E-state index in [1.54, 1.807) is 14.2 Å². The van der Waals surface area contributed by atoms with E-state index in [0.717, 1.165) is 18.7 Å². The number of rotatable bonds is 7. The van der Waals surface area contributed by atoms with E-state index < -0.39 is 0 Å². The van der Waals surface area contributed by atoms with Crippen molar-refractivity contribution < 1.29 is 14.3 Å². The Bertz CT molecular complexity index is 490. The van der Waals surface area contributed by atoms with Gasteiger partial charge in [0.05, 0.1) is 13.7 Å². The Kier molecular flexibility index (Phi) is 6.86. The first-order valence-electron chi connectivity index (χ1n) is 8.25. The quantitative estimate of drug-likeness (QED) is 0.837. The molecule has 5 heteroatoms. The minimum absolute atomic E-state index is 0.0635. The molecule has 1 heterocycles. The van der Waals surface area contributed by atoms with Gasteiger partial charge in [-0.25, -0.2) is 0 Å². The van der Waals surface area contributed by atoms with Gasteiger partial charge in [-0.15, -0.1) is 0 Å². The van der Waals surface area contributed by atoms with Gasteiger partial charge in [0.15, 0.2) is 0 Å². The average Bonchev–Trinajstić information content (AvgIpc) is 2.58. The third-order valence-corrected chi connectivity index (χ3v) is 4.56. The highest BCUT2D eigenvalue weighted by Crippen LogP contribution is 2.35. The second kappa shape index (κ2) is 8.89. The van der Waals surface area contributed by atoms with Gasteiger partial charge >= 0.3 is 0 Å². The SMILES string of the molecule is COCCC(=O)NC[C@@H]1CCCN(C)[C@@H]1c1ccc(OC)cc1. The van der Waals surface area contributed by atoms with Crippen LogP contribution in [0.15, 0.2) is 24.3 Å². The zero-order chi connectivity index (χ0) is 16.7. The summed E-state index contributed by atoms with van der Waals surface area (Å²) in [6, 6.07) is 8.60. The monoisotopic (exact) mass is 320 g/mol. The maximum Gasteiger partial charge on any atom is 0.222 e. The highest BCUT2D eigenvalue weighted by atomic mass is 16.5. The minimum Gasteiger partial charge on any atom is -0.497 e. The lowest BCUT2D eigenvalue weighted by Crippen LogP contribution is -2.41. The fraction of sp³-hybridized carbons (Fsp3) is 0.611. The molecule has 23 heavy (non-hydrogen) atoms. The number of carbonyl (C=O) groups is 1. The maximum absolute atomic E-state index is 11.8. The maximum atomic E-state index is 11.8. The van der Waals surface area contributed by atoms with Crippen LogP contribution in [-0.4, -0.2) is 51.8 Å². The predicted molar refractivity (Wildman–Crippen MR) is 90.6 cm³/mol. The summed E-state index contributed by atoms with van der Waals surface area (Å²) in [5.41, 5.74) is 1.28. The number of carbonyl (C=O) groups excluding carboxylic acids is 1. The number of nitrogens with zero attached hydrogens (tertiary/aromatic N) is 1. The molecule has 0 aliphatic carbocycles. The Morgan fingerprint density at radius 3 is 2.70 bits per heavy atom. The molecule has 1 fully saturated rings. The van der Waals surface area contributed by atoms with Crippen molar-refractivity contribution >= 4 is 5.91 Å². The smallest absolute Gasteiger partial charge is 0.222 e. The van der Waals surface area contributed by atoms with Gasteiger partial charge in [0, 0.05) is 26.1 Å². The number of likely N-dealkylation sites (tertiary alicyclic amines) is 1. The van der Waals surface area contributed by atoms with E-state index in [9.17, 15) is 4.79 Å². The molecule has 0 unspecified atom stereocenters. The molecular formula is C18H28N2O3. The fourth-order valence-corrected chi connectivity index (χ4v) is 3.33. The third kappa shape index (κ3) is 4.94. The molecule has 0 spiro atoms. The van der Waals surface area contributed by atoms with E-state index in [0.29, 0.717) is 31.5 Å². The lowest BCUT2D eigenvalue weighted by atomic mass is 9.85. The van der Waals surface area contributed by atoms with Gasteiger partial charge in [-0.05, 0) is 50.0 Å². The summed E-state index contributed by atoms with van der Waals surface area (Å²) >= 11 is 0. The van der Waals surface area contributed by atoms with E-state index in [-0.39, 0.29) is 5.91 Å². The van der Waals surface area contributed by atoms with Crippen molar-refractivity contribution in [1.82, 2.24) is 10.2 Å². The van der Waals surface area contributed by atoms with E-state index >= 15 is 0 Å². The number of benzene rings is 1. The summed E-state index contributed by atoms with van der Waals surface area (Å²) in [7, 11) is 5.46. The second-order valence-electron chi connectivity index (χ2n) is 6.15. The number of piperidine rings is 1. The molecule has 0 bridgehead atoms. The molecule has 1 aliphatic heterocycles. The van der Waals surface area contributed by atoms with Crippen LogP contribution in [0.2, 0.25) is 0 Å². The third-order valence-electron chi connectivity index (χ3n) is 4.56. The highest BCUT2D eigenvalue weighted by molar-refractivity contribution is 5.75. The summed E-state index contributed by atoms with van der Waals surface area (Å²) in [5.74, 6) is 1.36. The van der Waals surface area contributed by atoms with Crippen LogP contribution in [-0.2, 0) is 9.53 Å². The molecular weight excluding hydrogens is 292 g/mol. The van der Waals surface area contributed by atoms with Crippen LogP contribution in [0.25, 0.3) is 0 Å². The number of hydrogen-bond acceptors (Lipinski definition) is 4. The van der Waals surface area contributed by atoms with Crippen molar-refractivity contribution in [2.75, 3.05) is 41.0 Å². The molecule has 2 atom stereocenters. The molecule has 0 radical (unpaired) electrons. The van der Waals surface area contributed by atoms with Crippen molar-refractivity contribution in [3.05, 3.63) is 29.8 Å². The van der Waals surface area contributed by atoms with Crippen molar-refractivity contribution in [1.29, 1.82) is 0 Å². The van der Waals surface area contributed by atoms with Gasteiger partial charge in [-0.1, -0.05) is 12.1 Å². The zero-order valence-electron chi connectivity index (χ0n) is 14.4. The van der Waals surface area contributed by atoms with Crippen LogP contribution in [0.1, 0.15) is 30.9 Å². The Morgan fingerprint density at radius 1 is 1.30 bits per heavy atom. The molecule has 1 aliphatic rings. The molecule has 2 rings (SSSR count). The lowest BCUT2D eigenvalue weighted by molar-refractivity contribution is -0.122. The van der Waals surface area contributed by atoms with Gasteiger partial charge < -0.3 is 14.8 Å². The Balaban J connectivity index is 2.01.